The molecule has 0 atom stereocenters. The minimum atomic E-state index is -0.919. The first-order valence-electron chi connectivity index (χ1n) is 4.88. The summed E-state index contributed by atoms with van der Waals surface area (Å²) >= 11 is 0. The molecule has 0 saturated carbocycles. The smallest absolute Gasteiger partial charge is 0.693 e. The van der Waals surface area contributed by atoms with Crippen LogP contribution >= 0.6 is 0 Å². The molecule has 6 N–H and O–H groups in total. The third kappa shape index (κ3) is 9.39. The Kier molecular flexibility index (Phi) is 14.6. The molecular weight excluding hydrogens is 459 g/mol. The van der Waals surface area contributed by atoms with Crippen molar-refractivity contribution in [1.29, 1.82) is 0 Å². The van der Waals surface area contributed by atoms with Crippen LogP contribution in [0.2, 0.25) is 0 Å². The third-order valence-corrected chi connectivity index (χ3v) is 1.85. The summed E-state index contributed by atoms with van der Waals surface area (Å²) in [5.41, 5.74) is 0.537. The summed E-state index contributed by atoms with van der Waals surface area (Å²) in [6.45, 7) is 0. The molecular formula is C12H14N4O4Pt. The van der Waals surface area contributed by atoms with E-state index in [1.165, 1.54) is 49.1 Å². The van der Waals surface area contributed by atoms with Crippen LogP contribution in [-0.2, 0) is 21.1 Å². The van der Waals surface area contributed by atoms with Crippen molar-refractivity contribution in [3.8, 4) is 0 Å². The number of aromatic nitrogens is 2. The Bertz CT molecular complexity index is 476. The first kappa shape index (κ1) is 23.9. The van der Waals surface area contributed by atoms with Gasteiger partial charge in [0.15, 0.2) is 0 Å². The van der Waals surface area contributed by atoms with Gasteiger partial charge in [-0.25, -0.2) is 9.59 Å². The van der Waals surface area contributed by atoms with E-state index in [9.17, 15) is 9.59 Å². The van der Waals surface area contributed by atoms with Gasteiger partial charge in [0.05, 0.1) is 11.1 Å². The second kappa shape index (κ2) is 12.9. The molecule has 0 unspecified atom stereocenters. The molecule has 9 heteroatoms. The molecule has 0 saturated heterocycles. The molecule has 0 aliphatic heterocycles. The van der Waals surface area contributed by atoms with Crippen molar-refractivity contribution in [3.63, 3.8) is 0 Å². The summed E-state index contributed by atoms with van der Waals surface area (Å²) in [6, 6.07) is 5.79. The zero-order valence-corrected chi connectivity index (χ0v) is 13.0. The second-order valence-electron chi connectivity index (χ2n) is 3.08. The third-order valence-electron chi connectivity index (χ3n) is 1.85. The average Bonchev–Trinajstić information content (AvgIpc) is 2.41. The molecule has 2 rings (SSSR count). The van der Waals surface area contributed by atoms with Crippen molar-refractivity contribution in [2.24, 2.45) is 0 Å². The Hall–Kier alpha value is -2.15. The summed E-state index contributed by atoms with van der Waals surface area (Å²) in [5, 5.41) is 16.7. The molecule has 0 bridgehead atoms. The number of hydrogen-bond acceptors (Lipinski definition) is 4. The quantitative estimate of drug-likeness (QED) is 0.680. The molecule has 21 heavy (non-hydrogen) atoms. The first-order valence-corrected chi connectivity index (χ1v) is 4.88. The van der Waals surface area contributed by atoms with Crippen molar-refractivity contribution < 1.29 is 40.9 Å². The second-order valence-corrected chi connectivity index (χ2v) is 3.08. The van der Waals surface area contributed by atoms with Gasteiger partial charge in [0.1, 0.15) is 0 Å². The number of rotatable bonds is 2. The average molecular weight is 473 g/mol. The van der Waals surface area contributed by atoms with E-state index in [1.54, 1.807) is 0 Å². The SMILES string of the molecule is O=C(O)c1ccncc1.O=C(O)c1ccncc1.[NH2-].[NH2-].[Pt+2]. The number of carboxylic acids is 2. The number of nitrogens with two attached hydrogens (primary N) is 2. The van der Waals surface area contributed by atoms with E-state index in [-0.39, 0.29) is 44.5 Å². The predicted molar refractivity (Wildman–Crippen MR) is 73.0 cm³/mol. The van der Waals surface area contributed by atoms with Gasteiger partial charge in [-0.3, -0.25) is 9.97 Å². The predicted octanol–water partition coefficient (Wildman–Crippen LogP) is 2.99. The fourth-order valence-corrected chi connectivity index (χ4v) is 0.989. The van der Waals surface area contributed by atoms with Crippen LogP contribution in [0, 0.1) is 0 Å². The number of carbonyl (C=O) groups is 2. The van der Waals surface area contributed by atoms with Crippen molar-refractivity contribution in [1.82, 2.24) is 9.97 Å². The molecule has 8 nitrogen and oxygen atoms in total. The molecule has 2 aromatic heterocycles. The zero-order valence-electron chi connectivity index (χ0n) is 10.7. The van der Waals surface area contributed by atoms with Crippen molar-refractivity contribution in [2.45, 2.75) is 0 Å². The van der Waals surface area contributed by atoms with E-state index in [0.717, 1.165) is 0 Å². The Balaban J connectivity index is -0.000000270. The van der Waals surface area contributed by atoms with Crippen LogP contribution in [0.25, 0.3) is 12.3 Å². The van der Waals surface area contributed by atoms with Crippen LogP contribution in [0.1, 0.15) is 20.7 Å². The van der Waals surface area contributed by atoms with E-state index in [0.29, 0.717) is 0 Å². The molecule has 0 fully saturated rings. The van der Waals surface area contributed by atoms with Crippen LogP contribution in [0.15, 0.2) is 49.1 Å². The van der Waals surface area contributed by atoms with E-state index >= 15 is 0 Å². The first-order chi connectivity index (χ1) is 8.61. The molecule has 0 aromatic carbocycles. The molecule has 0 spiro atoms. The minimum absolute atomic E-state index is 0. The molecule has 116 valence electrons. The topological polar surface area (TPSA) is 167 Å². The molecule has 0 amide bonds. The van der Waals surface area contributed by atoms with Crippen LogP contribution in [0.4, 0.5) is 0 Å². The summed E-state index contributed by atoms with van der Waals surface area (Å²) in [7, 11) is 0. The largest absolute Gasteiger partial charge is 2.00 e. The molecule has 0 aliphatic rings. The normalized spacial score (nSPS) is 7.62. The van der Waals surface area contributed by atoms with E-state index in [2.05, 4.69) is 9.97 Å². The van der Waals surface area contributed by atoms with Crippen molar-refractivity contribution >= 4 is 11.9 Å². The van der Waals surface area contributed by atoms with E-state index in [4.69, 9.17) is 10.2 Å². The van der Waals surface area contributed by atoms with Crippen LogP contribution in [0.3, 0.4) is 0 Å². The van der Waals surface area contributed by atoms with Gasteiger partial charge in [0, 0.05) is 24.8 Å². The summed E-state index contributed by atoms with van der Waals surface area (Å²) in [6.07, 6.45) is 5.79. The van der Waals surface area contributed by atoms with Gasteiger partial charge in [-0.05, 0) is 24.3 Å². The fourth-order valence-electron chi connectivity index (χ4n) is 0.989. The molecule has 0 aliphatic carbocycles. The maximum absolute atomic E-state index is 10.2. The Morgan fingerprint density at radius 1 is 0.714 bits per heavy atom. The molecule has 2 aromatic rings. The number of aromatic carboxylic acids is 2. The Morgan fingerprint density at radius 2 is 0.952 bits per heavy atom. The number of nitrogens with zero attached hydrogens (tertiary/aromatic N) is 2. The number of pyridine rings is 2. The molecule has 0 radical (unpaired) electrons. The van der Waals surface area contributed by atoms with Gasteiger partial charge in [0.25, 0.3) is 0 Å². The summed E-state index contributed by atoms with van der Waals surface area (Å²) in [5.74, 6) is -1.84. The fraction of sp³-hybridized carbons (Fsp3) is 0. The Morgan fingerprint density at radius 3 is 1.10 bits per heavy atom. The van der Waals surface area contributed by atoms with Gasteiger partial charge >= 0.3 is 33.0 Å². The molecule has 2 heterocycles. The summed E-state index contributed by atoms with van der Waals surface area (Å²) < 4.78 is 0. The van der Waals surface area contributed by atoms with E-state index < -0.39 is 11.9 Å². The summed E-state index contributed by atoms with van der Waals surface area (Å²) in [4.78, 5) is 27.7. The van der Waals surface area contributed by atoms with Gasteiger partial charge < -0.3 is 22.5 Å². The minimum Gasteiger partial charge on any atom is -0.693 e. The monoisotopic (exact) mass is 473 g/mol. The number of hydrogen-bond donors (Lipinski definition) is 2. The standard InChI is InChI=1S/2C6H5NO2.2H2N.Pt/c2*8-6(9)5-1-3-7-4-2-5;;;/h2*1-4H,(H,8,9);2*1H2;/q;;2*-1;+2. The van der Waals surface area contributed by atoms with Crippen LogP contribution in [0.5, 0.6) is 0 Å². The van der Waals surface area contributed by atoms with Crippen LogP contribution < -0.4 is 0 Å². The van der Waals surface area contributed by atoms with Gasteiger partial charge in [-0.15, -0.1) is 0 Å². The maximum Gasteiger partial charge on any atom is 2.00 e. The van der Waals surface area contributed by atoms with Gasteiger partial charge in [-0.1, -0.05) is 0 Å². The zero-order chi connectivity index (χ0) is 13.4. The van der Waals surface area contributed by atoms with Crippen molar-refractivity contribution in [3.05, 3.63) is 72.5 Å². The van der Waals surface area contributed by atoms with Gasteiger partial charge in [-0.2, -0.15) is 0 Å². The van der Waals surface area contributed by atoms with Crippen LogP contribution in [-0.4, -0.2) is 32.1 Å². The van der Waals surface area contributed by atoms with E-state index in [1.807, 2.05) is 0 Å². The Labute approximate surface area is 135 Å². The number of carboxylic acid groups (broad SMARTS) is 2. The maximum atomic E-state index is 10.2. The van der Waals surface area contributed by atoms with Crippen molar-refractivity contribution in [2.75, 3.05) is 0 Å². The van der Waals surface area contributed by atoms with Gasteiger partial charge in [0.2, 0.25) is 0 Å².